The lowest BCUT2D eigenvalue weighted by molar-refractivity contribution is -0.118. The monoisotopic (exact) mass is 368 g/mol. The number of nitrogens with zero attached hydrogens (tertiary/aromatic N) is 4. The standard InChI is InChI=1S/C18H20N6O3/c1-10(2)16-21-18(23-22-16)20-15(25)9-27-11-5-6-13-12(8-11)17(26)24-7-3-4-14(24)19-13/h5-6,8,10H,3-4,7,9H2,1-2H3,(H2,20,21,22,23,25). The lowest BCUT2D eigenvalue weighted by Gasteiger charge is -2.08. The van der Waals surface area contributed by atoms with Crippen LogP contribution >= 0.6 is 0 Å². The number of anilines is 1. The molecule has 2 N–H and O–H groups in total. The number of aromatic amines is 1. The van der Waals surface area contributed by atoms with Crippen LogP contribution in [0.1, 0.15) is 37.8 Å². The minimum atomic E-state index is -0.381. The highest BCUT2D eigenvalue weighted by atomic mass is 16.5. The summed E-state index contributed by atoms with van der Waals surface area (Å²) in [5.74, 6) is 1.98. The number of fused-ring (bicyclic) bond motifs is 2. The van der Waals surface area contributed by atoms with Crippen LogP contribution in [0.2, 0.25) is 0 Å². The maximum atomic E-state index is 12.6. The minimum absolute atomic E-state index is 0.0654. The molecule has 0 atom stereocenters. The smallest absolute Gasteiger partial charge is 0.264 e. The summed E-state index contributed by atoms with van der Waals surface area (Å²) in [6.07, 6.45) is 1.76. The van der Waals surface area contributed by atoms with Crippen LogP contribution in [0.15, 0.2) is 23.0 Å². The predicted molar refractivity (Wildman–Crippen MR) is 98.9 cm³/mol. The molecule has 0 unspecified atom stereocenters. The number of rotatable bonds is 5. The van der Waals surface area contributed by atoms with Crippen LogP contribution in [0.5, 0.6) is 5.75 Å². The van der Waals surface area contributed by atoms with Gasteiger partial charge in [-0.3, -0.25) is 24.6 Å². The predicted octanol–water partition coefficient (Wildman–Crippen LogP) is 1.60. The molecule has 0 spiro atoms. The summed E-state index contributed by atoms with van der Waals surface area (Å²) >= 11 is 0. The summed E-state index contributed by atoms with van der Waals surface area (Å²) in [5.41, 5.74) is 0.580. The molecule has 3 heterocycles. The van der Waals surface area contributed by atoms with Crippen LogP contribution in [0.3, 0.4) is 0 Å². The van der Waals surface area contributed by atoms with Gasteiger partial charge in [0.2, 0.25) is 5.95 Å². The van der Waals surface area contributed by atoms with E-state index in [1.165, 1.54) is 0 Å². The molecule has 1 aliphatic rings. The molecule has 27 heavy (non-hydrogen) atoms. The van der Waals surface area contributed by atoms with Gasteiger partial charge in [0.25, 0.3) is 11.5 Å². The largest absolute Gasteiger partial charge is 0.484 e. The van der Waals surface area contributed by atoms with Crippen molar-refractivity contribution >= 4 is 22.8 Å². The highest BCUT2D eigenvalue weighted by molar-refractivity contribution is 5.90. The first kappa shape index (κ1) is 17.2. The van der Waals surface area contributed by atoms with E-state index in [-0.39, 0.29) is 29.9 Å². The van der Waals surface area contributed by atoms with Crippen molar-refractivity contribution in [2.75, 3.05) is 11.9 Å². The molecule has 140 valence electrons. The molecule has 0 bridgehead atoms. The molecule has 1 aliphatic heterocycles. The lowest BCUT2D eigenvalue weighted by atomic mass is 10.2. The number of ether oxygens (including phenoxy) is 1. The molecule has 9 nitrogen and oxygen atoms in total. The van der Waals surface area contributed by atoms with Gasteiger partial charge in [-0.15, -0.1) is 5.10 Å². The zero-order chi connectivity index (χ0) is 19.0. The molecule has 9 heteroatoms. The lowest BCUT2D eigenvalue weighted by Crippen LogP contribution is -2.22. The molecule has 0 fully saturated rings. The van der Waals surface area contributed by atoms with Crippen molar-refractivity contribution in [3.05, 3.63) is 40.2 Å². The van der Waals surface area contributed by atoms with Crippen LogP contribution in [-0.2, 0) is 17.8 Å². The molecular formula is C18H20N6O3. The Morgan fingerprint density at radius 2 is 2.22 bits per heavy atom. The Morgan fingerprint density at radius 3 is 3.00 bits per heavy atom. The number of carbonyl (C=O) groups is 1. The topological polar surface area (TPSA) is 115 Å². The zero-order valence-corrected chi connectivity index (χ0v) is 15.2. The molecular weight excluding hydrogens is 348 g/mol. The quantitative estimate of drug-likeness (QED) is 0.707. The number of benzene rings is 1. The first-order chi connectivity index (χ1) is 13.0. The van der Waals surface area contributed by atoms with Gasteiger partial charge in [0.15, 0.2) is 6.61 Å². The fraction of sp³-hybridized carbons (Fsp3) is 0.389. The highest BCUT2D eigenvalue weighted by Crippen LogP contribution is 2.20. The minimum Gasteiger partial charge on any atom is -0.484 e. The first-order valence-corrected chi connectivity index (χ1v) is 8.89. The second kappa shape index (κ2) is 6.82. The van der Waals surface area contributed by atoms with Gasteiger partial charge in [0.1, 0.15) is 17.4 Å². The van der Waals surface area contributed by atoms with Crippen molar-refractivity contribution in [2.45, 2.75) is 39.2 Å². The Balaban J connectivity index is 1.45. The summed E-state index contributed by atoms with van der Waals surface area (Å²) in [7, 11) is 0. The molecule has 2 aromatic heterocycles. The molecule has 4 rings (SSSR count). The highest BCUT2D eigenvalue weighted by Gasteiger charge is 2.16. The van der Waals surface area contributed by atoms with Gasteiger partial charge in [0, 0.05) is 18.9 Å². The fourth-order valence-corrected chi connectivity index (χ4v) is 3.05. The van der Waals surface area contributed by atoms with Crippen LogP contribution in [-0.4, -0.2) is 37.2 Å². The first-order valence-electron chi connectivity index (χ1n) is 8.89. The molecule has 1 amide bonds. The van der Waals surface area contributed by atoms with Gasteiger partial charge < -0.3 is 4.74 Å². The number of amides is 1. The molecule has 0 saturated heterocycles. The van der Waals surface area contributed by atoms with Crippen molar-refractivity contribution in [1.82, 2.24) is 24.7 Å². The van der Waals surface area contributed by atoms with Crippen LogP contribution in [0.25, 0.3) is 10.9 Å². The van der Waals surface area contributed by atoms with Gasteiger partial charge in [-0.1, -0.05) is 13.8 Å². The average molecular weight is 368 g/mol. The number of aromatic nitrogens is 5. The van der Waals surface area contributed by atoms with Crippen LogP contribution < -0.4 is 15.6 Å². The molecule has 3 aromatic rings. The van der Waals surface area contributed by atoms with Gasteiger partial charge >= 0.3 is 0 Å². The Hall–Kier alpha value is -3.23. The normalized spacial score (nSPS) is 13.1. The fourth-order valence-electron chi connectivity index (χ4n) is 3.05. The van der Waals surface area contributed by atoms with Crippen molar-refractivity contribution in [2.24, 2.45) is 0 Å². The van der Waals surface area contributed by atoms with E-state index in [0.29, 0.717) is 29.0 Å². The molecule has 0 aliphatic carbocycles. The third kappa shape index (κ3) is 3.40. The summed E-state index contributed by atoms with van der Waals surface area (Å²) in [5, 5.41) is 9.78. The maximum Gasteiger partial charge on any atom is 0.264 e. The Morgan fingerprint density at radius 1 is 1.37 bits per heavy atom. The van der Waals surface area contributed by atoms with E-state index >= 15 is 0 Å². The van der Waals surface area contributed by atoms with E-state index in [1.807, 2.05) is 13.8 Å². The van der Waals surface area contributed by atoms with Gasteiger partial charge in [-0.25, -0.2) is 4.98 Å². The molecule has 0 radical (unpaired) electrons. The Labute approximate surface area is 154 Å². The second-order valence-corrected chi connectivity index (χ2v) is 6.80. The third-order valence-electron chi connectivity index (χ3n) is 4.46. The second-order valence-electron chi connectivity index (χ2n) is 6.80. The van der Waals surface area contributed by atoms with E-state index in [4.69, 9.17) is 4.74 Å². The Bertz CT molecular complexity index is 1070. The van der Waals surface area contributed by atoms with Crippen molar-refractivity contribution < 1.29 is 9.53 Å². The summed E-state index contributed by atoms with van der Waals surface area (Å²) < 4.78 is 7.23. The molecule has 1 aromatic carbocycles. The number of aryl methyl sites for hydroxylation is 1. The van der Waals surface area contributed by atoms with Crippen molar-refractivity contribution in [1.29, 1.82) is 0 Å². The summed E-state index contributed by atoms with van der Waals surface area (Å²) in [6, 6.07) is 5.08. The van der Waals surface area contributed by atoms with Gasteiger partial charge in [-0.2, -0.15) is 4.98 Å². The number of carbonyl (C=O) groups excluding carboxylic acids is 1. The van der Waals surface area contributed by atoms with E-state index in [2.05, 4.69) is 25.5 Å². The number of H-pyrrole nitrogens is 1. The summed E-state index contributed by atoms with van der Waals surface area (Å²) in [4.78, 5) is 33.3. The van der Waals surface area contributed by atoms with Crippen LogP contribution in [0, 0.1) is 0 Å². The van der Waals surface area contributed by atoms with E-state index in [9.17, 15) is 9.59 Å². The zero-order valence-electron chi connectivity index (χ0n) is 15.2. The van der Waals surface area contributed by atoms with E-state index in [1.54, 1.807) is 22.8 Å². The number of hydrogen-bond donors (Lipinski definition) is 2. The summed E-state index contributed by atoms with van der Waals surface area (Å²) in [6.45, 7) is 4.43. The Kier molecular flexibility index (Phi) is 4.35. The van der Waals surface area contributed by atoms with Gasteiger partial charge in [-0.05, 0) is 24.6 Å². The van der Waals surface area contributed by atoms with E-state index in [0.717, 1.165) is 18.7 Å². The average Bonchev–Trinajstić information content (AvgIpc) is 3.30. The van der Waals surface area contributed by atoms with Gasteiger partial charge in [0.05, 0.1) is 10.9 Å². The van der Waals surface area contributed by atoms with E-state index < -0.39 is 0 Å². The third-order valence-corrected chi connectivity index (χ3v) is 4.46. The van der Waals surface area contributed by atoms with Crippen molar-refractivity contribution in [3.8, 4) is 5.75 Å². The van der Waals surface area contributed by atoms with Crippen LogP contribution in [0.4, 0.5) is 5.95 Å². The van der Waals surface area contributed by atoms with Crippen molar-refractivity contribution in [3.63, 3.8) is 0 Å². The molecule has 0 saturated carbocycles. The number of hydrogen-bond acceptors (Lipinski definition) is 6. The maximum absolute atomic E-state index is 12.6. The SMILES string of the molecule is CC(C)c1nc(NC(=O)COc2ccc3nc4n(c(=O)c3c2)CCC4)n[nH]1. The number of nitrogens with one attached hydrogen (secondary N) is 2.